The zero-order valence-electron chi connectivity index (χ0n) is 19.2. The largest absolute Gasteiger partial charge is 0.465 e. The minimum atomic E-state index is -0.380. The van der Waals surface area contributed by atoms with E-state index in [0.717, 1.165) is 35.2 Å². The summed E-state index contributed by atoms with van der Waals surface area (Å²) in [5, 5.41) is 6.98. The SMILES string of the molecule is CCOC(=O)C1CCCCN1CC(=O)N1N=C(c2ccccc2Cl)CC1c1ccccc1C. The van der Waals surface area contributed by atoms with Gasteiger partial charge in [0.25, 0.3) is 5.91 Å². The maximum absolute atomic E-state index is 13.6. The Morgan fingerprint density at radius 1 is 1.12 bits per heavy atom. The maximum atomic E-state index is 13.6. The monoisotopic (exact) mass is 467 g/mol. The van der Waals surface area contributed by atoms with Crippen molar-refractivity contribution in [2.45, 2.75) is 51.6 Å². The van der Waals surface area contributed by atoms with Crippen molar-refractivity contribution in [3.63, 3.8) is 0 Å². The topological polar surface area (TPSA) is 62.2 Å². The Bertz CT molecular complexity index is 1050. The normalized spacial score (nSPS) is 21.1. The number of halogens is 1. The van der Waals surface area contributed by atoms with Crippen LogP contribution in [0.1, 0.15) is 55.3 Å². The maximum Gasteiger partial charge on any atom is 0.323 e. The van der Waals surface area contributed by atoms with Crippen LogP contribution in [0.2, 0.25) is 5.02 Å². The number of piperidine rings is 1. The second-order valence-corrected chi connectivity index (χ2v) is 8.98. The second kappa shape index (κ2) is 10.5. The Balaban J connectivity index is 1.62. The van der Waals surface area contributed by atoms with Gasteiger partial charge in [-0.1, -0.05) is 60.5 Å². The van der Waals surface area contributed by atoms with Crippen molar-refractivity contribution in [1.29, 1.82) is 0 Å². The van der Waals surface area contributed by atoms with E-state index < -0.39 is 0 Å². The van der Waals surface area contributed by atoms with Crippen LogP contribution >= 0.6 is 11.6 Å². The number of esters is 1. The van der Waals surface area contributed by atoms with Crippen molar-refractivity contribution in [3.05, 3.63) is 70.2 Å². The molecule has 2 atom stereocenters. The molecular weight excluding hydrogens is 438 g/mol. The quantitative estimate of drug-likeness (QED) is 0.575. The highest BCUT2D eigenvalue weighted by molar-refractivity contribution is 6.34. The minimum absolute atomic E-state index is 0.124. The molecule has 1 fully saturated rings. The molecule has 0 aromatic heterocycles. The molecule has 0 N–H and O–H groups in total. The van der Waals surface area contributed by atoms with Gasteiger partial charge in [-0.05, 0) is 50.4 Å². The summed E-state index contributed by atoms with van der Waals surface area (Å²) in [5.74, 6) is -0.372. The van der Waals surface area contributed by atoms with Gasteiger partial charge in [0.15, 0.2) is 0 Å². The Hall–Kier alpha value is -2.70. The molecule has 2 aliphatic heterocycles. The number of hydrogen-bond donors (Lipinski definition) is 0. The molecule has 2 unspecified atom stereocenters. The first kappa shape index (κ1) is 23.5. The van der Waals surface area contributed by atoms with E-state index in [4.69, 9.17) is 21.4 Å². The van der Waals surface area contributed by atoms with Crippen LogP contribution in [0.25, 0.3) is 0 Å². The minimum Gasteiger partial charge on any atom is -0.465 e. The molecule has 0 bridgehead atoms. The number of rotatable bonds is 6. The van der Waals surface area contributed by atoms with Crippen LogP contribution in [0, 0.1) is 6.92 Å². The van der Waals surface area contributed by atoms with Crippen LogP contribution in [0.15, 0.2) is 53.6 Å². The summed E-state index contributed by atoms with van der Waals surface area (Å²) in [4.78, 5) is 28.0. The van der Waals surface area contributed by atoms with Crippen molar-refractivity contribution in [2.24, 2.45) is 5.10 Å². The van der Waals surface area contributed by atoms with Gasteiger partial charge in [0.05, 0.1) is 24.9 Å². The lowest BCUT2D eigenvalue weighted by Gasteiger charge is -2.34. The number of aryl methyl sites for hydroxylation is 1. The average Bonchev–Trinajstić information content (AvgIpc) is 3.25. The highest BCUT2D eigenvalue weighted by Gasteiger charge is 2.37. The van der Waals surface area contributed by atoms with Gasteiger partial charge in [-0.25, -0.2) is 5.01 Å². The Morgan fingerprint density at radius 3 is 2.64 bits per heavy atom. The first-order valence-electron chi connectivity index (χ1n) is 11.6. The van der Waals surface area contributed by atoms with Crippen molar-refractivity contribution < 1.29 is 14.3 Å². The Kier molecular flexibility index (Phi) is 7.46. The highest BCUT2D eigenvalue weighted by atomic mass is 35.5. The van der Waals surface area contributed by atoms with Crippen LogP contribution < -0.4 is 0 Å². The lowest BCUT2D eigenvalue weighted by molar-refractivity contribution is -0.152. The van der Waals surface area contributed by atoms with E-state index in [9.17, 15) is 9.59 Å². The van der Waals surface area contributed by atoms with Gasteiger partial charge < -0.3 is 4.74 Å². The molecular formula is C26H30ClN3O3. The molecule has 174 valence electrons. The van der Waals surface area contributed by atoms with Gasteiger partial charge in [0.2, 0.25) is 0 Å². The molecule has 7 heteroatoms. The van der Waals surface area contributed by atoms with Gasteiger partial charge in [0.1, 0.15) is 6.04 Å². The van der Waals surface area contributed by atoms with Gasteiger partial charge in [-0.15, -0.1) is 0 Å². The number of likely N-dealkylation sites (tertiary alicyclic amines) is 1. The molecule has 2 aromatic rings. The van der Waals surface area contributed by atoms with E-state index in [2.05, 4.69) is 0 Å². The number of carbonyl (C=O) groups excluding carboxylic acids is 2. The van der Waals surface area contributed by atoms with Gasteiger partial charge in [-0.2, -0.15) is 5.10 Å². The second-order valence-electron chi connectivity index (χ2n) is 8.58. The molecule has 2 aromatic carbocycles. The number of hydrogen-bond acceptors (Lipinski definition) is 5. The molecule has 2 heterocycles. The van der Waals surface area contributed by atoms with Crippen molar-refractivity contribution >= 4 is 29.2 Å². The molecule has 4 rings (SSSR count). The van der Waals surface area contributed by atoms with Gasteiger partial charge >= 0.3 is 5.97 Å². The molecule has 6 nitrogen and oxygen atoms in total. The summed E-state index contributed by atoms with van der Waals surface area (Å²) < 4.78 is 5.27. The number of nitrogens with zero attached hydrogens (tertiary/aromatic N) is 3. The first-order chi connectivity index (χ1) is 16.0. The molecule has 33 heavy (non-hydrogen) atoms. The van der Waals surface area contributed by atoms with E-state index >= 15 is 0 Å². The van der Waals surface area contributed by atoms with E-state index in [-0.39, 0.29) is 30.5 Å². The van der Waals surface area contributed by atoms with Crippen molar-refractivity contribution in [2.75, 3.05) is 19.7 Å². The Morgan fingerprint density at radius 2 is 1.88 bits per heavy atom. The number of ether oxygens (including phenoxy) is 1. The summed E-state index contributed by atoms with van der Waals surface area (Å²) in [6, 6.07) is 15.1. The number of carbonyl (C=O) groups is 2. The molecule has 2 aliphatic rings. The van der Waals surface area contributed by atoms with Crippen molar-refractivity contribution in [1.82, 2.24) is 9.91 Å². The summed E-state index contributed by atoms with van der Waals surface area (Å²) >= 11 is 6.45. The molecule has 0 radical (unpaired) electrons. The fourth-order valence-corrected chi connectivity index (χ4v) is 4.98. The van der Waals surface area contributed by atoms with Crippen molar-refractivity contribution in [3.8, 4) is 0 Å². The van der Waals surface area contributed by atoms with Gasteiger partial charge in [-0.3, -0.25) is 14.5 Å². The Labute approximate surface area is 200 Å². The van der Waals surface area contributed by atoms with E-state index in [0.29, 0.717) is 31.0 Å². The molecule has 1 saturated heterocycles. The number of benzene rings is 2. The fraction of sp³-hybridized carbons (Fsp3) is 0.423. The van der Waals surface area contributed by atoms with Crippen LogP contribution in [-0.4, -0.2) is 53.2 Å². The molecule has 0 saturated carbocycles. The van der Waals surface area contributed by atoms with E-state index in [1.165, 1.54) is 0 Å². The average molecular weight is 468 g/mol. The molecule has 0 aliphatic carbocycles. The van der Waals surface area contributed by atoms with Crippen LogP contribution in [-0.2, 0) is 14.3 Å². The van der Waals surface area contributed by atoms with Crippen LogP contribution in [0.4, 0.5) is 0 Å². The van der Waals surface area contributed by atoms with E-state index in [1.807, 2.05) is 60.4 Å². The number of hydrazone groups is 1. The van der Waals surface area contributed by atoms with Crippen LogP contribution in [0.3, 0.4) is 0 Å². The molecule has 0 spiro atoms. The lowest BCUT2D eigenvalue weighted by Crippen LogP contribution is -2.49. The summed E-state index contributed by atoms with van der Waals surface area (Å²) in [6.07, 6.45) is 3.21. The summed E-state index contributed by atoms with van der Waals surface area (Å²) in [6.45, 7) is 5.01. The fourth-order valence-electron chi connectivity index (χ4n) is 4.73. The number of amides is 1. The van der Waals surface area contributed by atoms with E-state index in [1.54, 1.807) is 11.9 Å². The standard InChI is InChI=1S/C26H30ClN3O3/c1-3-33-26(32)23-14-8-9-15-29(23)17-25(31)30-24(19-11-5-4-10-18(19)2)16-22(28-30)20-12-6-7-13-21(20)27/h4-7,10-13,23-24H,3,8-9,14-17H2,1-2H3. The third-order valence-corrected chi connectivity index (χ3v) is 6.74. The van der Waals surface area contributed by atoms with Gasteiger partial charge in [0, 0.05) is 17.0 Å². The molecule has 1 amide bonds. The summed E-state index contributed by atoms with van der Waals surface area (Å²) in [5.41, 5.74) is 3.81. The first-order valence-corrected chi connectivity index (χ1v) is 12.0. The smallest absolute Gasteiger partial charge is 0.323 e. The zero-order chi connectivity index (χ0) is 23.4. The third-order valence-electron chi connectivity index (χ3n) is 6.41. The third kappa shape index (κ3) is 5.12. The zero-order valence-corrected chi connectivity index (χ0v) is 19.9. The highest BCUT2D eigenvalue weighted by Crippen LogP contribution is 2.36. The summed E-state index contributed by atoms with van der Waals surface area (Å²) in [7, 11) is 0. The lowest BCUT2D eigenvalue weighted by atomic mass is 9.95. The predicted octanol–water partition coefficient (Wildman–Crippen LogP) is 4.74. The van der Waals surface area contributed by atoms with Crippen LogP contribution in [0.5, 0.6) is 0 Å². The predicted molar refractivity (Wildman–Crippen MR) is 129 cm³/mol.